The van der Waals surface area contributed by atoms with Crippen LogP contribution in [0.2, 0.25) is 0 Å². The van der Waals surface area contributed by atoms with Gasteiger partial charge in [-0.1, -0.05) is 13.8 Å². The zero-order valence-corrected chi connectivity index (χ0v) is 23.4. The van der Waals surface area contributed by atoms with Gasteiger partial charge in [-0.15, -0.1) is 10.2 Å². The Morgan fingerprint density at radius 1 is 1.00 bits per heavy atom. The van der Waals surface area contributed by atoms with Gasteiger partial charge in [-0.05, 0) is 43.2 Å². The van der Waals surface area contributed by atoms with E-state index in [1.54, 1.807) is 6.92 Å². The summed E-state index contributed by atoms with van der Waals surface area (Å²) >= 11 is 0. The van der Waals surface area contributed by atoms with Crippen molar-refractivity contribution in [1.82, 2.24) is 25.0 Å². The van der Waals surface area contributed by atoms with Gasteiger partial charge in [-0.25, -0.2) is 13.2 Å². The Balaban J connectivity index is 1.77. The van der Waals surface area contributed by atoms with E-state index in [0.717, 1.165) is 4.57 Å². The predicted octanol–water partition coefficient (Wildman–Crippen LogP) is 4.18. The summed E-state index contributed by atoms with van der Waals surface area (Å²) < 4.78 is 87.2. The molecule has 1 aliphatic rings. The topological polar surface area (TPSA) is 106 Å². The lowest BCUT2D eigenvalue weighted by molar-refractivity contribution is -0.148. The smallest absolute Gasteiger partial charge is 0.451 e. The molecule has 0 saturated heterocycles. The van der Waals surface area contributed by atoms with Crippen molar-refractivity contribution in [2.45, 2.75) is 78.2 Å². The highest BCUT2D eigenvalue weighted by atomic mass is 19.4. The number of halogens is 6. The zero-order valence-electron chi connectivity index (χ0n) is 23.4. The Bertz CT molecular complexity index is 1280. The highest BCUT2D eigenvalue weighted by Crippen LogP contribution is 2.29. The molecule has 2 atom stereocenters. The maximum Gasteiger partial charge on any atom is 0.451 e. The number of fused-ring (bicyclic) bond motifs is 1. The predicted molar refractivity (Wildman–Crippen MR) is 136 cm³/mol. The standard InChI is InChI=1S/C27H33F6N5O4/c1-4-42-25(41)9-16(7-15(2)3)8-23(39)34-18(10-17-11-20(29)21(30)13-19(17)28)12-24(40)37-5-6-38-22(14-37)35-36-26(38)27(31,32)33/h11,13,15-16,18H,4-10,12,14H2,1-3H3,(H,34,39)/t16-,18-/m1/s1. The molecule has 1 aromatic heterocycles. The van der Waals surface area contributed by atoms with Crippen LogP contribution in [0.5, 0.6) is 0 Å². The normalized spacial score (nSPS) is 14.9. The van der Waals surface area contributed by atoms with Crippen LogP contribution in [-0.4, -0.2) is 56.6 Å². The number of rotatable bonds is 12. The molecular formula is C27H33F6N5O4. The number of benzene rings is 1. The molecule has 42 heavy (non-hydrogen) atoms. The molecule has 0 spiro atoms. The Hall–Kier alpha value is -3.65. The molecule has 0 unspecified atom stereocenters. The maximum atomic E-state index is 14.5. The number of esters is 1. The first kappa shape index (κ1) is 32.9. The average molecular weight is 606 g/mol. The zero-order chi connectivity index (χ0) is 31.2. The van der Waals surface area contributed by atoms with E-state index in [-0.39, 0.29) is 62.8 Å². The molecule has 0 aliphatic carbocycles. The van der Waals surface area contributed by atoms with Gasteiger partial charge in [-0.2, -0.15) is 13.2 Å². The lowest BCUT2D eigenvalue weighted by atomic mass is 9.90. The summed E-state index contributed by atoms with van der Waals surface area (Å²) in [5.41, 5.74) is -0.287. The van der Waals surface area contributed by atoms with Gasteiger partial charge in [0.2, 0.25) is 17.6 Å². The lowest BCUT2D eigenvalue weighted by Crippen LogP contribution is -2.45. The molecule has 1 aromatic carbocycles. The number of nitrogens with one attached hydrogen (secondary N) is 1. The summed E-state index contributed by atoms with van der Waals surface area (Å²) in [5, 5.41) is 9.36. The summed E-state index contributed by atoms with van der Waals surface area (Å²) in [6.45, 7) is 5.06. The summed E-state index contributed by atoms with van der Waals surface area (Å²) in [6, 6.07) is -0.0882. The summed E-state index contributed by atoms with van der Waals surface area (Å²) in [4.78, 5) is 39.5. The fraction of sp³-hybridized carbons (Fsp3) is 0.593. The molecule has 1 N–H and O–H groups in total. The number of aromatic nitrogens is 3. The van der Waals surface area contributed by atoms with Gasteiger partial charge < -0.3 is 19.5 Å². The number of carbonyl (C=O) groups excluding carboxylic acids is 3. The first-order valence-corrected chi connectivity index (χ1v) is 13.5. The monoisotopic (exact) mass is 605 g/mol. The first-order valence-electron chi connectivity index (χ1n) is 13.5. The lowest BCUT2D eigenvalue weighted by Gasteiger charge is -2.30. The average Bonchev–Trinajstić information content (AvgIpc) is 3.31. The second kappa shape index (κ2) is 14.0. The van der Waals surface area contributed by atoms with E-state index >= 15 is 0 Å². The third-order valence-corrected chi connectivity index (χ3v) is 6.74. The van der Waals surface area contributed by atoms with Gasteiger partial charge in [0.15, 0.2) is 17.5 Å². The number of alkyl halides is 3. The van der Waals surface area contributed by atoms with E-state index in [4.69, 9.17) is 4.74 Å². The molecule has 2 heterocycles. The fourth-order valence-electron chi connectivity index (χ4n) is 4.99. The molecule has 2 amide bonds. The van der Waals surface area contributed by atoms with Crippen molar-refractivity contribution >= 4 is 17.8 Å². The minimum absolute atomic E-state index is 0.0186. The van der Waals surface area contributed by atoms with Crippen molar-refractivity contribution in [3.63, 3.8) is 0 Å². The van der Waals surface area contributed by atoms with Crippen LogP contribution in [0.4, 0.5) is 26.3 Å². The molecular weight excluding hydrogens is 572 g/mol. The summed E-state index contributed by atoms with van der Waals surface area (Å²) in [5.74, 6) is -6.92. The minimum atomic E-state index is -4.72. The van der Waals surface area contributed by atoms with Crippen LogP contribution in [0, 0.1) is 29.3 Å². The first-order chi connectivity index (χ1) is 19.7. The largest absolute Gasteiger partial charge is 0.466 e. The minimum Gasteiger partial charge on any atom is -0.466 e. The molecule has 2 aromatic rings. The number of hydrogen-bond acceptors (Lipinski definition) is 6. The Morgan fingerprint density at radius 3 is 2.33 bits per heavy atom. The Morgan fingerprint density at radius 2 is 1.69 bits per heavy atom. The summed E-state index contributed by atoms with van der Waals surface area (Å²) in [7, 11) is 0. The van der Waals surface area contributed by atoms with Crippen molar-refractivity contribution in [2.75, 3.05) is 13.2 Å². The third-order valence-electron chi connectivity index (χ3n) is 6.74. The number of carbonyl (C=O) groups is 3. The van der Waals surface area contributed by atoms with Crippen molar-refractivity contribution < 1.29 is 45.5 Å². The summed E-state index contributed by atoms with van der Waals surface area (Å²) in [6.07, 6.45) is -5.14. The van der Waals surface area contributed by atoms with Gasteiger partial charge in [0, 0.05) is 44.5 Å². The van der Waals surface area contributed by atoms with Crippen molar-refractivity contribution in [1.29, 1.82) is 0 Å². The van der Waals surface area contributed by atoms with E-state index in [0.29, 0.717) is 18.6 Å². The number of ether oxygens (including phenoxy) is 1. The molecule has 15 heteroatoms. The molecule has 0 saturated carbocycles. The quantitative estimate of drug-likeness (QED) is 0.221. The Labute approximate surface area is 238 Å². The fourth-order valence-corrected chi connectivity index (χ4v) is 4.99. The van der Waals surface area contributed by atoms with E-state index in [1.165, 1.54) is 4.90 Å². The number of nitrogens with zero attached hydrogens (tertiary/aromatic N) is 4. The van der Waals surface area contributed by atoms with E-state index in [1.807, 2.05) is 13.8 Å². The van der Waals surface area contributed by atoms with E-state index in [2.05, 4.69) is 15.5 Å². The highest BCUT2D eigenvalue weighted by Gasteiger charge is 2.40. The third kappa shape index (κ3) is 8.92. The van der Waals surface area contributed by atoms with Gasteiger partial charge >= 0.3 is 12.1 Å². The molecule has 0 fully saturated rings. The van der Waals surface area contributed by atoms with Gasteiger partial charge in [-0.3, -0.25) is 14.4 Å². The maximum absolute atomic E-state index is 14.5. The molecule has 232 valence electrons. The van der Waals surface area contributed by atoms with Crippen molar-refractivity contribution in [2.24, 2.45) is 11.8 Å². The van der Waals surface area contributed by atoms with Crippen molar-refractivity contribution in [3.8, 4) is 0 Å². The van der Waals surface area contributed by atoms with Crippen molar-refractivity contribution in [3.05, 3.63) is 46.8 Å². The number of amides is 2. The number of hydrogen-bond donors (Lipinski definition) is 1. The van der Waals surface area contributed by atoms with Crippen LogP contribution in [0.25, 0.3) is 0 Å². The SMILES string of the molecule is CCOC(=O)C[C@@H](CC(=O)N[C@@H](CC(=O)N1CCn2c(nnc2C(F)(F)F)C1)Cc1cc(F)c(F)cc1F)CC(C)C. The van der Waals surface area contributed by atoms with E-state index in [9.17, 15) is 40.7 Å². The molecule has 1 aliphatic heterocycles. The van der Waals surface area contributed by atoms with Gasteiger partial charge in [0.1, 0.15) is 5.82 Å². The Kier molecular flexibility index (Phi) is 11.0. The van der Waals surface area contributed by atoms with Gasteiger partial charge in [0.05, 0.1) is 13.2 Å². The van der Waals surface area contributed by atoms with Crippen LogP contribution in [0.1, 0.15) is 63.7 Å². The van der Waals surface area contributed by atoms with Crippen LogP contribution in [0.15, 0.2) is 12.1 Å². The molecule has 0 radical (unpaired) electrons. The second-order valence-corrected chi connectivity index (χ2v) is 10.6. The van der Waals surface area contributed by atoms with Crippen LogP contribution in [-0.2, 0) is 44.8 Å². The molecule has 9 nitrogen and oxygen atoms in total. The molecule has 3 rings (SSSR count). The van der Waals surface area contributed by atoms with E-state index < -0.39 is 65.6 Å². The highest BCUT2D eigenvalue weighted by molar-refractivity contribution is 5.80. The van der Waals surface area contributed by atoms with Gasteiger partial charge in [0.25, 0.3) is 0 Å². The molecule has 0 bridgehead atoms. The second-order valence-electron chi connectivity index (χ2n) is 10.6. The van der Waals surface area contributed by atoms with Crippen LogP contribution >= 0.6 is 0 Å². The van der Waals surface area contributed by atoms with Crippen LogP contribution < -0.4 is 5.32 Å². The van der Waals surface area contributed by atoms with Crippen LogP contribution in [0.3, 0.4) is 0 Å².